The Morgan fingerprint density at radius 1 is 1.48 bits per heavy atom. The molecular weight excluding hydrogens is 294 g/mol. The molecule has 2 rings (SSSR count). The Morgan fingerprint density at radius 3 is 2.71 bits per heavy atom. The second kappa shape index (κ2) is 6.51. The summed E-state index contributed by atoms with van der Waals surface area (Å²) in [7, 11) is 1.87. The molecule has 0 spiro atoms. The number of hydrogen-bond donors (Lipinski definition) is 3. The summed E-state index contributed by atoms with van der Waals surface area (Å²) in [5.41, 5.74) is 6.10. The van der Waals surface area contributed by atoms with Crippen LogP contribution in [0.4, 0.5) is 5.69 Å². The predicted molar refractivity (Wildman–Crippen MR) is 82.2 cm³/mol. The van der Waals surface area contributed by atoms with E-state index in [1.54, 1.807) is 18.2 Å². The maximum atomic E-state index is 10.5. The van der Waals surface area contributed by atoms with Gasteiger partial charge < -0.3 is 25.7 Å². The molecule has 0 radical (unpaired) electrons. The average molecular weight is 314 g/mol. The minimum absolute atomic E-state index is 0.00848. The maximum absolute atomic E-state index is 10.5. The molecule has 0 aliphatic carbocycles. The summed E-state index contributed by atoms with van der Waals surface area (Å²) in [6, 6.07) is 5.15. The van der Waals surface area contributed by atoms with E-state index in [1.807, 2.05) is 11.9 Å². The van der Waals surface area contributed by atoms with E-state index < -0.39 is 5.60 Å². The largest absolute Gasteiger partial charge is 0.409 e. The second-order valence-electron chi connectivity index (χ2n) is 5.34. The number of oxime groups is 1. The van der Waals surface area contributed by atoms with Gasteiger partial charge in [0.2, 0.25) is 0 Å². The van der Waals surface area contributed by atoms with E-state index in [0.29, 0.717) is 43.2 Å². The van der Waals surface area contributed by atoms with Crippen molar-refractivity contribution < 1.29 is 15.1 Å². The smallest absolute Gasteiger partial charge is 0.170 e. The van der Waals surface area contributed by atoms with E-state index in [4.69, 9.17) is 27.3 Å². The fourth-order valence-electron chi connectivity index (χ4n) is 2.47. The third-order valence-corrected chi connectivity index (χ3v) is 4.02. The molecule has 0 bridgehead atoms. The summed E-state index contributed by atoms with van der Waals surface area (Å²) in [4.78, 5) is 1.91. The molecule has 1 aromatic carbocycles. The van der Waals surface area contributed by atoms with Crippen molar-refractivity contribution in [3.63, 3.8) is 0 Å². The molecule has 0 amide bonds. The first kappa shape index (κ1) is 15.9. The van der Waals surface area contributed by atoms with Gasteiger partial charge in [-0.2, -0.15) is 0 Å². The quantitative estimate of drug-likeness (QED) is 0.338. The highest BCUT2D eigenvalue weighted by Crippen LogP contribution is 2.29. The van der Waals surface area contributed by atoms with E-state index in [0.717, 1.165) is 5.69 Å². The van der Waals surface area contributed by atoms with Gasteiger partial charge in [-0.3, -0.25) is 0 Å². The fraction of sp³-hybridized carbons (Fsp3) is 0.500. The van der Waals surface area contributed by atoms with Crippen LogP contribution in [0.3, 0.4) is 0 Å². The van der Waals surface area contributed by atoms with Crippen molar-refractivity contribution in [2.24, 2.45) is 10.9 Å². The van der Waals surface area contributed by atoms with Gasteiger partial charge in [-0.25, -0.2) is 0 Å². The highest BCUT2D eigenvalue weighted by molar-refractivity contribution is 6.33. The molecule has 1 aliphatic rings. The molecule has 116 valence electrons. The normalized spacial score (nSPS) is 18.5. The lowest BCUT2D eigenvalue weighted by atomic mass is 9.93. The molecule has 1 fully saturated rings. The van der Waals surface area contributed by atoms with Crippen LogP contribution >= 0.6 is 11.6 Å². The van der Waals surface area contributed by atoms with E-state index >= 15 is 0 Å². The highest BCUT2D eigenvalue weighted by Gasteiger charge is 2.31. The topological polar surface area (TPSA) is 91.3 Å². The minimum Gasteiger partial charge on any atom is -0.409 e. The molecule has 0 atom stereocenters. The molecule has 1 heterocycles. The van der Waals surface area contributed by atoms with Crippen LogP contribution in [0.5, 0.6) is 0 Å². The summed E-state index contributed by atoms with van der Waals surface area (Å²) < 4.78 is 5.28. The zero-order valence-electron chi connectivity index (χ0n) is 11.9. The molecule has 1 aliphatic heterocycles. The van der Waals surface area contributed by atoms with Gasteiger partial charge in [0.15, 0.2) is 5.84 Å². The minimum atomic E-state index is -0.763. The van der Waals surface area contributed by atoms with Gasteiger partial charge in [0.25, 0.3) is 0 Å². The summed E-state index contributed by atoms with van der Waals surface area (Å²) in [6.07, 6.45) is 1.22. The first-order chi connectivity index (χ1) is 9.95. The van der Waals surface area contributed by atoms with Gasteiger partial charge in [-0.1, -0.05) is 16.8 Å². The van der Waals surface area contributed by atoms with E-state index in [-0.39, 0.29) is 5.84 Å². The Hall–Kier alpha value is -1.50. The summed E-state index contributed by atoms with van der Waals surface area (Å²) >= 11 is 6.25. The second-order valence-corrected chi connectivity index (χ2v) is 5.75. The Labute approximate surface area is 128 Å². The zero-order valence-corrected chi connectivity index (χ0v) is 12.7. The van der Waals surface area contributed by atoms with Crippen LogP contribution in [0.1, 0.15) is 18.4 Å². The lowest BCUT2D eigenvalue weighted by Gasteiger charge is -2.36. The Bertz CT molecular complexity index is 530. The molecule has 4 N–H and O–H groups in total. The summed E-state index contributed by atoms with van der Waals surface area (Å²) in [5, 5.41) is 22.6. The third kappa shape index (κ3) is 3.78. The fourth-order valence-corrected chi connectivity index (χ4v) is 2.79. The van der Waals surface area contributed by atoms with Gasteiger partial charge in [0.05, 0.1) is 16.3 Å². The van der Waals surface area contributed by atoms with Gasteiger partial charge in [-0.05, 0) is 18.2 Å². The maximum Gasteiger partial charge on any atom is 0.170 e. The van der Waals surface area contributed by atoms with Gasteiger partial charge in [0, 0.05) is 45.2 Å². The van der Waals surface area contributed by atoms with E-state index in [1.165, 1.54) is 0 Å². The summed E-state index contributed by atoms with van der Waals surface area (Å²) in [5.74, 6) is 0.00848. The van der Waals surface area contributed by atoms with Gasteiger partial charge >= 0.3 is 0 Å². The first-order valence-corrected chi connectivity index (χ1v) is 7.12. The number of ether oxygens (including phenoxy) is 1. The third-order valence-electron chi connectivity index (χ3n) is 3.72. The van der Waals surface area contributed by atoms with Crippen molar-refractivity contribution in [2.45, 2.75) is 18.4 Å². The average Bonchev–Trinajstić information content (AvgIpc) is 2.46. The van der Waals surface area contributed by atoms with Crippen molar-refractivity contribution in [2.75, 3.05) is 31.7 Å². The highest BCUT2D eigenvalue weighted by atomic mass is 35.5. The van der Waals surface area contributed by atoms with Crippen molar-refractivity contribution in [3.8, 4) is 0 Å². The lowest BCUT2D eigenvalue weighted by Crippen LogP contribution is -2.45. The Balaban J connectivity index is 2.14. The van der Waals surface area contributed by atoms with E-state index in [9.17, 15) is 5.11 Å². The number of benzene rings is 1. The number of halogens is 1. The SMILES string of the molecule is CN(CC1(O)CCOCC1)c1ccc(/C(N)=N/O)cc1Cl. The molecular formula is C14H20ClN3O3. The zero-order chi connectivity index (χ0) is 15.5. The standard InChI is InChI=1S/C14H20ClN3O3/c1-18(9-14(19)4-6-21-7-5-14)12-3-2-10(8-11(12)15)13(16)17-20/h2-3,8,19-20H,4-7,9H2,1H3,(H2,16,17). The van der Waals surface area contributed by atoms with Crippen LogP contribution in [0.15, 0.2) is 23.4 Å². The molecule has 1 aromatic rings. The molecule has 0 aromatic heterocycles. The van der Waals surface area contributed by atoms with Crippen molar-refractivity contribution in [1.29, 1.82) is 0 Å². The number of rotatable bonds is 4. The van der Waals surface area contributed by atoms with Crippen molar-refractivity contribution in [1.82, 2.24) is 0 Å². The molecule has 1 saturated heterocycles. The van der Waals surface area contributed by atoms with Crippen LogP contribution in [-0.2, 0) is 4.74 Å². The Kier molecular flexibility index (Phi) is 4.92. The number of hydrogen-bond acceptors (Lipinski definition) is 5. The van der Waals surface area contributed by atoms with Crippen LogP contribution in [-0.4, -0.2) is 48.6 Å². The molecule has 21 heavy (non-hydrogen) atoms. The Morgan fingerprint density at radius 2 is 2.14 bits per heavy atom. The molecule has 7 heteroatoms. The lowest BCUT2D eigenvalue weighted by molar-refractivity contribution is -0.0572. The van der Waals surface area contributed by atoms with E-state index in [2.05, 4.69) is 5.16 Å². The number of anilines is 1. The summed E-state index contributed by atoms with van der Waals surface area (Å²) in [6.45, 7) is 1.61. The number of amidine groups is 1. The number of aliphatic hydroxyl groups is 1. The van der Waals surface area contributed by atoms with Crippen LogP contribution in [0.25, 0.3) is 0 Å². The monoisotopic (exact) mass is 313 g/mol. The van der Waals surface area contributed by atoms with Crippen LogP contribution < -0.4 is 10.6 Å². The number of nitrogens with two attached hydrogens (primary N) is 1. The van der Waals surface area contributed by atoms with Crippen LogP contribution in [0, 0.1) is 0 Å². The van der Waals surface area contributed by atoms with Gasteiger partial charge in [0.1, 0.15) is 0 Å². The molecule has 0 unspecified atom stereocenters. The van der Waals surface area contributed by atoms with Gasteiger partial charge in [-0.15, -0.1) is 0 Å². The number of likely N-dealkylation sites (N-methyl/N-ethyl adjacent to an activating group) is 1. The molecule has 0 saturated carbocycles. The number of nitrogens with zero attached hydrogens (tertiary/aromatic N) is 2. The predicted octanol–water partition coefficient (Wildman–Crippen LogP) is 1.41. The van der Waals surface area contributed by atoms with Crippen molar-refractivity contribution in [3.05, 3.63) is 28.8 Å². The first-order valence-electron chi connectivity index (χ1n) is 6.74. The van der Waals surface area contributed by atoms with Crippen LogP contribution in [0.2, 0.25) is 5.02 Å². The van der Waals surface area contributed by atoms with Crippen molar-refractivity contribution >= 4 is 23.1 Å². The molecule has 6 nitrogen and oxygen atoms in total.